The summed E-state index contributed by atoms with van der Waals surface area (Å²) < 4.78 is 38.7. The molecule has 1 amide bonds. The van der Waals surface area contributed by atoms with Gasteiger partial charge in [0, 0.05) is 0 Å². The zero-order valence-corrected chi connectivity index (χ0v) is 15.2. The fourth-order valence-corrected chi connectivity index (χ4v) is 2.53. The fraction of sp³-hybridized carbons (Fsp3) is 0.316. The lowest BCUT2D eigenvalue weighted by molar-refractivity contribution is -0.137. The Labute approximate surface area is 155 Å². The van der Waals surface area contributed by atoms with E-state index >= 15 is 0 Å². The maximum absolute atomic E-state index is 12.9. The summed E-state index contributed by atoms with van der Waals surface area (Å²) in [5.74, 6) is -0.177. The van der Waals surface area contributed by atoms with Crippen LogP contribution < -0.4 is 10.6 Å². The highest BCUT2D eigenvalue weighted by Crippen LogP contribution is 2.34. The number of rotatable bonds is 6. The summed E-state index contributed by atoms with van der Waals surface area (Å²) in [6, 6.07) is 11.1. The van der Waals surface area contributed by atoms with E-state index in [-0.39, 0.29) is 10.7 Å². The number of halogens is 4. The number of nitrogens with one attached hydrogen (secondary N) is 2. The minimum atomic E-state index is -4.52. The second-order valence-corrected chi connectivity index (χ2v) is 6.73. The molecule has 2 rings (SSSR count). The molecule has 0 unspecified atom stereocenters. The number of hydrogen-bond acceptors (Lipinski definition) is 2. The van der Waals surface area contributed by atoms with Crippen molar-refractivity contribution in [1.29, 1.82) is 0 Å². The van der Waals surface area contributed by atoms with Gasteiger partial charge in [0.2, 0.25) is 5.91 Å². The Balaban J connectivity index is 2.26. The molecule has 0 heterocycles. The molecule has 3 nitrogen and oxygen atoms in total. The van der Waals surface area contributed by atoms with E-state index in [4.69, 9.17) is 11.6 Å². The molecule has 0 aliphatic heterocycles. The van der Waals surface area contributed by atoms with Crippen LogP contribution in [0.2, 0.25) is 5.02 Å². The molecule has 2 aromatic carbocycles. The van der Waals surface area contributed by atoms with E-state index in [0.717, 1.165) is 18.2 Å². The molecule has 2 N–H and O–H groups in total. The molecule has 0 aliphatic carbocycles. The van der Waals surface area contributed by atoms with Gasteiger partial charge in [-0.1, -0.05) is 55.8 Å². The van der Waals surface area contributed by atoms with Crippen LogP contribution in [0.5, 0.6) is 0 Å². The van der Waals surface area contributed by atoms with Gasteiger partial charge < -0.3 is 10.6 Å². The highest BCUT2D eigenvalue weighted by atomic mass is 35.5. The first kappa shape index (κ1) is 20.3. The van der Waals surface area contributed by atoms with Crippen LogP contribution in [0.25, 0.3) is 0 Å². The average Bonchev–Trinajstić information content (AvgIpc) is 2.56. The Bertz CT molecular complexity index is 748. The first-order valence-electron chi connectivity index (χ1n) is 8.14. The molecule has 0 radical (unpaired) electrons. The maximum atomic E-state index is 12.9. The number of carbonyl (C=O) groups is 1. The van der Waals surface area contributed by atoms with Crippen molar-refractivity contribution in [2.45, 2.75) is 26.1 Å². The van der Waals surface area contributed by atoms with Gasteiger partial charge in [0.1, 0.15) is 6.04 Å². The van der Waals surface area contributed by atoms with Gasteiger partial charge in [0.05, 0.1) is 16.3 Å². The van der Waals surface area contributed by atoms with Crippen LogP contribution >= 0.6 is 11.6 Å². The van der Waals surface area contributed by atoms with Crippen LogP contribution in [-0.4, -0.2) is 12.5 Å². The van der Waals surface area contributed by atoms with Crippen molar-refractivity contribution in [3.05, 3.63) is 64.7 Å². The van der Waals surface area contributed by atoms with Crippen molar-refractivity contribution in [1.82, 2.24) is 5.32 Å². The molecule has 0 aromatic heterocycles. The second-order valence-electron chi connectivity index (χ2n) is 6.33. The molecule has 0 aliphatic rings. The Kier molecular flexibility index (Phi) is 6.67. The minimum absolute atomic E-state index is 0.0435. The van der Waals surface area contributed by atoms with E-state index in [2.05, 4.69) is 10.6 Å². The van der Waals surface area contributed by atoms with Crippen molar-refractivity contribution in [2.24, 2.45) is 5.92 Å². The molecular weight excluding hydrogens is 365 g/mol. The average molecular weight is 385 g/mol. The van der Waals surface area contributed by atoms with E-state index in [9.17, 15) is 18.0 Å². The van der Waals surface area contributed by atoms with Gasteiger partial charge in [-0.25, -0.2) is 0 Å². The molecular formula is C19H20ClF3N2O. The van der Waals surface area contributed by atoms with Gasteiger partial charge >= 0.3 is 6.18 Å². The van der Waals surface area contributed by atoms with Gasteiger partial charge in [-0.15, -0.1) is 0 Å². The SMILES string of the molecule is CC(C)CN[C@@H](C(=O)Nc1cc(C(F)(F)F)ccc1Cl)c1ccccc1. The Morgan fingerprint density at radius 3 is 2.35 bits per heavy atom. The molecule has 2 aromatic rings. The van der Waals surface area contributed by atoms with Crippen molar-refractivity contribution >= 4 is 23.2 Å². The van der Waals surface area contributed by atoms with Gasteiger partial charge in [0.25, 0.3) is 0 Å². The quantitative estimate of drug-likeness (QED) is 0.711. The standard InChI is InChI=1S/C19H20ClF3N2O/c1-12(2)11-24-17(13-6-4-3-5-7-13)18(26)25-16-10-14(19(21,22)23)8-9-15(16)20/h3-10,12,17,24H,11H2,1-2H3,(H,25,26)/t17-/m1/s1. The van der Waals surface area contributed by atoms with Gasteiger partial charge in [0.15, 0.2) is 0 Å². The summed E-state index contributed by atoms with van der Waals surface area (Å²) in [7, 11) is 0. The smallest absolute Gasteiger partial charge is 0.323 e. The second kappa shape index (κ2) is 8.56. The fourth-order valence-electron chi connectivity index (χ4n) is 2.36. The normalized spacial score (nSPS) is 12.9. The van der Waals surface area contributed by atoms with Crippen LogP contribution in [0.1, 0.15) is 31.0 Å². The predicted octanol–water partition coefficient (Wildman–Crippen LogP) is 5.28. The highest BCUT2D eigenvalue weighted by molar-refractivity contribution is 6.33. The highest BCUT2D eigenvalue weighted by Gasteiger charge is 2.31. The summed E-state index contributed by atoms with van der Waals surface area (Å²) in [5, 5.41) is 5.70. The summed E-state index contributed by atoms with van der Waals surface area (Å²) in [4.78, 5) is 12.7. The lowest BCUT2D eigenvalue weighted by Crippen LogP contribution is -2.35. The molecule has 0 fully saturated rings. The van der Waals surface area contributed by atoms with Crippen LogP contribution in [0.4, 0.5) is 18.9 Å². The summed E-state index contributed by atoms with van der Waals surface area (Å²) in [5.41, 5.74) is -0.226. The molecule has 140 valence electrons. The lowest BCUT2D eigenvalue weighted by Gasteiger charge is -2.21. The Morgan fingerprint density at radius 2 is 1.77 bits per heavy atom. The van der Waals surface area contributed by atoms with Gasteiger partial charge in [-0.05, 0) is 36.2 Å². The van der Waals surface area contributed by atoms with Crippen LogP contribution in [-0.2, 0) is 11.0 Å². The van der Waals surface area contributed by atoms with Crippen molar-refractivity contribution in [3.8, 4) is 0 Å². The summed E-state index contributed by atoms with van der Waals surface area (Å²) in [6.07, 6.45) is -4.52. The van der Waals surface area contributed by atoms with E-state index < -0.39 is 23.7 Å². The lowest BCUT2D eigenvalue weighted by atomic mass is 10.0. The zero-order chi connectivity index (χ0) is 19.3. The largest absolute Gasteiger partial charge is 0.416 e. The Morgan fingerprint density at radius 1 is 1.12 bits per heavy atom. The molecule has 26 heavy (non-hydrogen) atoms. The van der Waals surface area contributed by atoms with E-state index in [1.54, 1.807) is 24.3 Å². The third-order valence-corrected chi connectivity index (χ3v) is 4.01. The van der Waals surface area contributed by atoms with E-state index in [0.29, 0.717) is 18.0 Å². The molecule has 0 saturated heterocycles. The summed E-state index contributed by atoms with van der Waals surface area (Å²) in [6.45, 7) is 4.57. The molecule has 0 bridgehead atoms. The minimum Gasteiger partial charge on any atom is -0.323 e. The third kappa shape index (κ3) is 5.47. The van der Waals surface area contributed by atoms with Crippen LogP contribution in [0, 0.1) is 5.92 Å². The third-order valence-electron chi connectivity index (χ3n) is 3.68. The van der Waals surface area contributed by atoms with Crippen molar-refractivity contribution < 1.29 is 18.0 Å². The monoisotopic (exact) mass is 384 g/mol. The number of hydrogen-bond donors (Lipinski definition) is 2. The summed E-state index contributed by atoms with van der Waals surface area (Å²) >= 11 is 5.97. The topological polar surface area (TPSA) is 41.1 Å². The number of carbonyl (C=O) groups excluding carboxylic acids is 1. The van der Waals surface area contributed by atoms with Gasteiger partial charge in [-0.2, -0.15) is 13.2 Å². The number of alkyl halides is 3. The first-order valence-corrected chi connectivity index (χ1v) is 8.52. The van der Waals surface area contributed by atoms with Gasteiger partial charge in [-0.3, -0.25) is 4.79 Å². The Hall–Kier alpha value is -2.05. The molecule has 0 saturated carbocycles. The number of benzene rings is 2. The van der Waals surface area contributed by atoms with E-state index in [1.807, 2.05) is 19.9 Å². The number of amides is 1. The molecule has 7 heteroatoms. The van der Waals surface area contributed by atoms with Crippen molar-refractivity contribution in [3.63, 3.8) is 0 Å². The van der Waals surface area contributed by atoms with Crippen LogP contribution in [0.3, 0.4) is 0 Å². The predicted molar refractivity (Wildman–Crippen MR) is 97.1 cm³/mol. The van der Waals surface area contributed by atoms with Crippen LogP contribution in [0.15, 0.2) is 48.5 Å². The maximum Gasteiger partial charge on any atom is 0.416 e. The molecule has 0 spiro atoms. The van der Waals surface area contributed by atoms with E-state index in [1.165, 1.54) is 0 Å². The zero-order valence-electron chi connectivity index (χ0n) is 14.4. The number of anilines is 1. The van der Waals surface area contributed by atoms with Crippen molar-refractivity contribution in [2.75, 3.05) is 11.9 Å². The molecule has 1 atom stereocenters. The first-order chi connectivity index (χ1) is 12.2.